The summed E-state index contributed by atoms with van der Waals surface area (Å²) in [4.78, 5) is 19.7. The summed E-state index contributed by atoms with van der Waals surface area (Å²) in [6, 6.07) is 10.6. The monoisotopic (exact) mass is 471 g/mol. The highest BCUT2D eigenvalue weighted by Gasteiger charge is 2.36. The number of nitrogens with one attached hydrogen (secondary N) is 1. The van der Waals surface area contributed by atoms with E-state index in [4.69, 9.17) is 11.6 Å². The predicted molar refractivity (Wildman–Crippen MR) is 133 cm³/mol. The Morgan fingerprint density at radius 3 is 2.72 bits per heavy atom. The molecular formula is C25H27ClFN3OS. The van der Waals surface area contributed by atoms with Crippen LogP contribution in [0.15, 0.2) is 46.3 Å². The van der Waals surface area contributed by atoms with Crippen LogP contribution in [0.5, 0.6) is 0 Å². The zero-order valence-electron chi connectivity index (χ0n) is 18.7. The van der Waals surface area contributed by atoms with E-state index < -0.39 is 0 Å². The van der Waals surface area contributed by atoms with Gasteiger partial charge < -0.3 is 10.2 Å². The van der Waals surface area contributed by atoms with Crippen molar-refractivity contribution in [3.05, 3.63) is 63.3 Å². The smallest absolute Gasteiger partial charge is 0.264 e. The fourth-order valence-corrected chi connectivity index (χ4v) is 5.49. The highest BCUT2D eigenvalue weighted by molar-refractivity contribution is 8.18. The number of benzene rings is 2. The number of rotatable bonds is 4. The van der Waals surface area contributed by atoms with Crippen LogP contribution in [0, 0.1) is 5.82 Å². The second-order valence-electron chi connectivity index (χ2n) is 8.96. The summed E-state index contributed by atoms with van der Waals surface area (Å²) < 4.78 is 15.2. The van der Waals surface area contributed by atoms with Crippen LogP contribution in [0.4, 0.5) is 15.8 Å². The van der Waals surface area contributed by atoms with Gasteiger partial charge in [-0.05, 0) is 92.4 Å². The first-order valence-electron chi connectivity index (χ1n) is 10.8. The normalized spacial score (nSPS) is 22.4. The minimum Gasteiger partial charge on any atom is -0.366 e. The van der Waals surface area contributed by atoms with Crippen molar-refractivity contribution < 1.29 is 9.18 Å². The molecule has 1 amide bonds. The van der Waals surface area contributed by atoms with Crippen LogP contribution < -0.4 is 10.2 Å². The van der Waals surface area contributed by atoms with Gasteiger partial charge in [-0.25, -0.2) is 9.38 Å². The number of thioether (sulfide) groups is 1. The van der Waals surface area contributed by atoms with E-state index in [9.17, 15) is 4.79 Å². The van der Waals surface area contributed by atoms with Gasteiger partial charge in [-0.3, -0.25) is 4.79 Å². The third-order valence-corrected chi connectivity index (χ3v) is 7.11. The molecule has 2 aromatic carbocycles. The molecule has 7 heteroatoms. The minimum atomic E-state index is -0.321. The van der Waals surface area contributed by atoms with Gasteiger partial charge in [0.25, 0.3) is 5.91 Å². The summed E-state index contributed by atoms with van der Waals surface area (Å²) in [6.07, 6.45) is 3.61. The lowest BCUT2D eigenvalue weighted by atomic mass is 9.79. The van der Waals surface area contributed by atoms with Crippen LogP contribution in [-0.2, 0) is 4.79 Å². The van der Waals surface area contributed by atoms with Gasteiger partial charge in [0, 0.05) is 28.4 Å². The van der Waals surface area contributed by atoms with Crippen LogP contribution >= 0.6 is 23.4 Å². The Bertz CT molecular complexity index is 1110. The molecule has 32 heavy (non-hydrogen) atoms. The highest BCUT2D eigenvalue weighted by atomic mass is 35.5. The number of nitrogens with zero attached hydrogens (tertiary/aromatic N) is 2. The third-order valence-electron chi connectivity index (χ3n) is 5.95. The van der Waals surface area contributed by atoms with E-state index in [-0.39, 0.29) is 17.3 Å². The molecule has 4 rings (SSSR count). The van der Waals surface area contributed by atoms with E-state index in [0.717, 1.165) is 30.6 Å². The van der Waals surface area contributed by atoms with Crippen molar-refractivity contribution in [3.8, 4) is 0 Å². The van der Waals surface area contributed by atoms with E-state index in [1.54, 1.807) is 36.4 Å². The lowest BCUT2D eigenvalue weighted by Crippen LogP contribution is -2.48. The molecule has 2 aliphatic heterocycles. The number of aliphatic imine (C=N–C) groups is 1. The van der Waals surface area contributed by atoms with E-state index >= 15 is 4.39 Å². The number of hydrogen-bond acceptors (Lipinski definition) is 4. The van der Waals surface area contributed by atoms with Gasteiger partial charge in [-0.2, -0.15) is 0 Å². The second-order valence-corrected chi connectivity index (χ2v) is 10.4. The number of halogens is 2. The highest BCUT2D eigenvalue weighted by Crippen LogP contribution is 2.44. The molecule has 1 atom stereocenters. The number of anilines is 1. The average Bonchev–Trinajstić information content (AvgIpc) is 3.06. The van der Waals surface area contributed by atoms with Crippen molar-refractivity contribution in [2.24, 2.45) is 4.99 Å². The summed E-state index contributed by atoms with van der Waals surface area (Å²) in [5.41, 5.74) is 3.18. The fourth-order valence-electron chi connectivity index (χ4n) is 4.53. The van der Waals surface area contributed by atoms with Crippen molar-refractivity contribution in [1.82, 2.24) is 5.32 Å². The van der Waals surface area contributed by atoms with Crippen LogP contribution in [-0.4, -0.2) is 23.2 Å². The molecule has 0 spiro atoms. The van der Waals surface area contributed by atoms with E-state index in [1.165, 1.54) is 11.8 Å². The molecule has 0 bridgehead atoms. The molecule has 2 aliphatic rings. The van der Waals surface area contributed by atoms with E-state index in [0.29, 0.717) is 32.3 Å². The molecule has 4 nitrogen and oxygen atoms in total. The first-order chi connectivity index (χ1) is 15.2. The number of carbonyl (C=O) groups excluding carboxylic acids is 1. The SMILES string of the molecule is CCCN1c2cc(F)c(/C=C3/SC(=Nc4ccc(Cl)cc4)NC3=O)cc2C(C)CC1(C)C. The Morgan fingerprint density at radius 2 is 2.03 bits per heavy atom. The maximum Gasteiger partial charge on any atom is 0.264 e. The Labute approximate surface area is 197 Å². The lowest BCUT2D eigenvalue weighted by molar-refractivity contribution is -0.115. The van der Waals surface area contributed by atoms with Crippen LogP contribution in [0.25, 0.3) is 6.08 Å². The van der Waals surface area contributed by atoms with Crippen molar-refractivity contribution >= 4 is 51.9 Å². The maximum atomic E-state index is 15.2. The van der Waals surface area contributed by atoms with Crippen LogP contribution in [0.2, 0.25) is 5.02 Å². The van der Waals surface area contributed by atoms with Gasteiger partial charge in [0.1, 0.15) is 5.82 Å². The molecule has 2 heterocycles. The summed E-state index contributed by atoms with van der Waals surface area (Å²) in [5, 5.41) is 3.84. The first-order valence-corrected chi connectivity index (χ1v) is 12.0. The van der Waals surface area contributed by atoms with Crippen molar-refractivity contribution in [1.29, 1.82) is 0 Å². The summed E-state index contributed by atoms with van der Waals surface area (Å²) >= 11 is 7.12. The van der Waals surface area contributed by atoms with Gasteiger partial charge in [-0.1, -0.05) is 25.4 Å². The van der Waals surface area contributed by atoms with Crippen molar-refractivity contribution in [2.75, 3.05) is 11.4 Å². The van der Waals surface area contributed by atoms with Gasteiger partial charge >= 0.3 is 0 Å². The quantitative estimate of drug-likeness (QED) is 0.494. The van der Waals surface area contributed by atoms with Gasteiger partial charge in [0.05, 0.1) is 10.6 Å². The zero-order valence-corrected chi connectivity index (χ0v) is 20.3. The van der Waals surface area contributed by atoms with E-state index in [2.05, 4.69) is 42.9 Å². The Balaban J connectivity index is 1.65. The summed E-state index contributed by atoms with van der Waals surface area (Å²) in [6.45, 7) is 9.65. The molecule has 0 aliphatic carbocycles. The fraction of sp³-hybridized carbons (Fsp3) is 0.360. The molecule has 0 radical (unpaired) electrons. The Morgan fingerprint density at radius 1 is 1.31 bits per heavy atom. The molecule has 2 aromatic rings. The molecule has 0 saturated carbocycles. The molecular weight excluding hydrogens is 445 g/mol. The lowest BCUT2D eigenvalue weighted by Gasteiger charge is -2.47. The van der Waals surface area contributed by atoms with Crippen LogP contribution in [0.3, 0.4) is 0 Å². The molecule has 1 unspecified atom stereocenters. The first kappa shape index (κ1) is 22.9. The Kier molecular flexibility index (Phi) is 6.37. The third kappa shape index (κ3) is 4.57. The second kappa shape index (κ2) is 8.91. The minimum absolute atomic E-state index is 0.0247. The molecule has 0 aromatic heterocycles. The molecule has 168 valence electrons. The largest absolute Gasteiger partial charge is 0.366 e. The van der Waals surface area contributed by atoms with E-state index in [1.807, 2.05) is 6.07 Å². The predicted octanol–water partition coefficient (Wildman–Crippen LogP) is 6.87. The number of hydrogen-bond donors (Lipinski definition) is 1. The van der Waals surface area contributed by atoms with Crippen molar-refractivity contribution in [2.45, 2.75) is 52.0 Å². The van der Waals surface area contributed by atoms with Gasteiger partial charge in [-0.15, -0.1) is 0 Å². The number of fused-ring (bicyclic) bond motifs is 1. The summed E-state index contributed by atoms with van der Waals surface area (Å²) in [7, 11) is 0. The molecule has 1 N–H and O–H groups in total. The van der Waals surface area contributed by atoms with Gasteiger partial charge in [0.2, 0.25) is 0 Å². The zero-order chi connectivity index (χ0) is 23.0. The standard InChI is InChI=1S/C25H27ClFN3OS/c1-5-10-30-21-13-20(27)16(11-19(21)15(2)14-25(30,3)4)12-22-23(31)29-24(32-22)28-18-8-6-17(26)7-9-18/h6-9,11-13,15H,5,10,14H2,1-4H3,(H,28,29,31)/b22-12+. The Hall–Kier alpha value is -2.31. The average molecular weight is 472 g/mol. The molecule has 1 fully saturated rings. The topological polar surface area (TPSA) is 44.7 Å². The number of amidine groups is 1. The molecule has 1 saturated heterocycles. The number of carbonyl (C=O) groups is 1. The van der Waals surface area contributed by atoms with Gasteiger partial charge in [0.15, 0.2) is 5.17 Å². The number of amides is 1. The van der Waals surface area contributed by atoms with Crippen LogP contribution in [0.1, 0.15) is 57.6 Å². The van der Waals surface area contributed by atoms with Crippen molar-refractivity contribution in [3.63, 3.8) is 0 Å². The summed E-state index contributed by atoms with van der Waals surface area (Å²) in [5.74, 6) is -0.293. The maximum absolute atomic E-state index is 15.2.